The molecule has 1 atom stereocenters. The minimum absolute atomic E-state index is 0.000786. The minimum atomic E-state index is -0.000786. The summed E-state index contributed by atoms with van der Waals surface area (Å²) in [5, 5.41) is 0. The molecule has 0 aliphatic heterocycles. The molecule has 1 heterocycles. The molecule has 0 N–H and O–H groups in total. The smallest absolute Gasteiger partial charge is 0.254 e. The van der Waals surface area contributed by atoms with Gasteiger partial charge < -0.3 is 9.30 Å². The number of aromatic nitrogens is 1. The minimum Gasteiger partial charge on any atom is -0.493 e. The van der Waals surface area contributed by atoms with Crippen molar-refractivity contribution in [1.82, 2.24) is 4.57 Å². The van der Waals surface area contributed by atoms with Gasteiger partial charge in [0.1, 0.15) is 5.75 Å². The van der Waals surface area contributed by atoms with Crippen LogP contribution in [0.25, 0.3) is 0 Å². The molecule has 0 aliphatic carbocycles. The van der Waals surface area contributed by atoms with Crippen LogP contribution in [0, 0.1) is 5.92 Å². The van der Waals surface area contributed by atoms with E-state index in [0.29, 0.717) is 24.8 Å². The van der Waals surface area contributed by atoms with Crippen molar-refractivity contribution in [3.63, 3.8) is 0 Å². The Balaban J connectivity index is 2.64. The fraction of sp³-hybridized carbons (Fsp3) is 0.583. The monoisotopic (exact) mass is 209 g/mol. The molecule has 3 heteroatoms. The molecule has 15 heavy (non-hydrogen) atoms. The second kappa shape index (κ2) is 5.59. The highest BCUT2D eigenvalue weighted by atomic mass is 16.5. The molecule has 0 radical (unpaired) electrons. The Morgan fingerprint density at radius 2 is 2.20 bits per heavy atom. The highest BCUT2D eigenvalue weighted by molar-refractivity contribution is 5.17. The topological polar surface area (TPSA) is 31.2 Å². The van der Waals surface area contributed by atoms with Crippen LogP contribution in [0.1, 0.15) is 27.2 Å². The zero-order valence-electron chi connectivity index (χ0n) is 9.69. The van der Waals surface area contributed by atoms with E-state index in [4.69, 9.17) is 4.74 Å². The summed E-state index contributed by atoms with van der Waals surface area (Å²) < 4.78 is 7.17. The van der Waals surface area contributed by atoms with Crippen LogP contribution in [0.15, 0.2) is 23.1 Å². The Labute approximate surface area is 90.7 Å². The quantitative estimate of drug-likeness (QED) is 0.745. The van der Waals surface area contributed by atoms with Gasteiger partial charge in [0.2, 0.25) is 0 Å². The van der Waals surface area contributed by atoms with Gasteiger partial charge >= 0.3 is 0 Å². The Kier molecular flexibility index (Phi) is 4.40. The predicted molar refractivity (Wildman–Crippen MR) is 61.3 cm³/mol. The van der Waals surface area contributed by atoms with Crippen molar-refractivity contribution in [3.05, 3.63) is 28.7 Å². The maximum absolute atomic E-state index is 11.5. The van der Waals surface area contributed by atoms with E-state index in [1.54, 1.807) is 16.8 Å². The Hall–Kier alpha value is -1.25. The largest absolute Gasteiger partial charge is 0.493 e. The summed E-state index contributed by atoms with van der Waals surface area (Å²) in [6, 6.07) is 3.39. The fourth-order valence-electron chi connectivity index (χ4n) is 1.20. The maximum atomic E-state index is 11.5. The van der Waals surface area contributed by atoms with Gasteiger partial charge in [-0.2, -0.15) is 0 Å². The van der Waals surface area contributed by atoms with Crippen molar-refractivity contribution in [2.45, 2.75) is 33.7 Å². The van der Waals surface area contributed by atoms with Crippen molar-refractivity contribution < 1.29 is 4.74 Å². The second-order valence-electron chi connectivity index (χ2n) is 3.81. The van der Waals surface area contributed by atoms with Crippen LogP contribution in [-0.2, 0) is 6.54 Å². The summed E-state index contributed by atoms with van der Waals surface area (Å²) in [5.74, 6) is 1.20. The van der Waals surface area contributed by atoms with Crippen LogP contribution < -0.4 is 10.3 Å². The molecule has 84 valence electrons. The zero-order chi connectivity index (χ0) is 11.3. The highest BCUT2D eigenvalue weighted by Crippen LogP contribution is 2.09. The molecule has 0 aliphatic rings. The maximum Gasteiger partial charge on any atom is 0.254 e. The van der Waals surface area contributed by atoms with Crippen LogP contribution in [0.2, 0.25) is 0 Å². The van der Waals surface area contributed by atoms with Crippen molar-refractivity contribution in [2.24, 2.45) is 5.92 Å². The molecule has 1 aromatic heterocycles. The number of aryl methyl sites for hydroxylation is 1. The van der Waals surface area contributed by atoms with E-state index < -0.39 is 0 Å². The molecule has 0 aromatic carbocycles. The number of hydrogen-bond acceptors (Lipinski definition) is 2. The van der Waals surface area contributed by atoms with Gasteiger partial charge in [-0.05, 0) is 18.9 Å². The van der Waals surface area contributed by atoms with E-state index in [0.717, 1.165) is 6.42 Å². The summed E-state index contributed by atoms with van der Waals surface area (Å²) in [5.41, 5.74) is -0.000786. The third-order valence-electron chi connectivity index (χ3n) is 2.54. The van der Waals surface area contributed by atoms with Crippen molar-refractivity contribution in [2.75, 3.05) is 6.61 Å². The normalized spacial score (nSPS) is 12.5. The van der Waals surface area contributed by atoms with Crippen LogP contribution >= 0.6 is 0 Å². The van der Waals surface area contributed by atoms with E-state index in [9.17, 15) is 4.79 Å². The first-order valence-electron chi connectivity index (χ1n) is 5.50. The van der Waals surface area contributed by atoms with Crippen molar-refractivity contribution in [1.29, 1.82) is 0 Å². The zero-order valence-corrected chi connectivity index (χ0v) is 9.69. The second-order valence-corrected chi connectivity index (χ2v) is 3.81. The molecule has 0 saturated heterocycles. The average Bonchev–Trinajstić information content (AvgIpc) is 2.26. The van der Waals surface area contributed by atoms with Crippen LogP contribution in [0.3, 0.4) is 0 Å². The lowest BCUT2D eigenvalue weighted by Crippen LogP contribution is -2.18. The molecule has 1 rings (SSSR count). The predicted octanol–water partition coefficient (Wildman–Crippen LogP) is 2.29. The van der Waals surface area contributed by atoms with Crippen molar-refractivity contribution in [3.8, 4) is 5.75 Å². The Morgan fingerprint density at radius 1 is 1.47 bits per heavy atom. The summed E-state index contributed by atoms with van der Waals surface area (Å²) in [6.45, 7) is 7.58. The van der Waals surface area contributed by atoms with Crippen molar-refractivity contribution >= 4 is 0 Å². The molecule has 0 fully saturated rings. The van der Waals surface area contributed by atoms with Gasteiger partial charge in [0.05, 0.1) is 6.61 Å². The van der Waals surface area contributed by atoms with E-state index in [1.807, 2.05) is 13.0 Å². The van der Waals surface area contributed by atoms with Gasteiger partial charge in [0.25, 0.3) is 5.56 Å². The summed E-state index contributed by atoms with van der Waals surface area (Å²) in [7, 11) is 0. The third-order valence-corrected chi connectivity index (χ3v) is 2.54. The standard InChI is InChI=1S/C12H19NO2/c1-4-10(3)9-15-11-6-7-13(5-2)12(14)8-11/h6-8,10H,4-5,9H2,1-3H3. The molecule has 0 amide bonds. The average molecular weight is 209 g/mol. The molecule has 0 saturated carbocycles. The Morgan fingerprint density at radius 3 is 2.73 bits per heavy atom. The lowest BCUT2D eigenvalue weighted by molar-refractivity contribution is 0.256. The first-order valence-corrected chi connectivity index (χ1v) is 5.50. The van der Waals surface area contributed by atoms with Gasteiger partial charge in [-0.15, -0.1) is 0 Å². The number of pyridine rings is 1. The van der Waals surface area contributed by atoms with Crippen LogP contribution in [-0.4, -0.2) is 11.2 Å². The molecule has 0 spiro atoms. The van der Waals surface area contributed by atoms with E-state index in [-0.39, 0.29) is 5.56 Å². The van der Waals surface area contributed by atoms with Crippen LogP contribution in [0.4, 0.5) is 0 Å². The van der Waals surface area contributed by atoms with Gasteiger partial charge in [0, 0.05) is 18.8 Å². The SMILES string of the molecule is CCC(C)COc1ccn(CC)c(=O)c1. The molecule has 1 aromatic rings. The fourth-order valence-corrected chi connectivity index (χ4v) is 1.20. The summed E-state index contributed by atoms with van der Waals surface area (Å²) >= 11 is 0. The summed E-state index contributed by atoms with van der Waals surface area (Å²) in [4.78, 5) is 11.5. The van der Waals surface area contributed by atoms with Gasteiger partial charge in [-0.3, -0.25) is 4.79 Å². The lowest BCUT2D eigenvalue weighted by atomic mass is 10.1. The molecular weight excluding hydrogens is 190 g/mol. The number of rotatable bonds is 5. The first-order chi connectivity index (χ1) is 7.17. The third kappa shape index (κ3) is 3.42. The number of hydrogen-bond donors (Lipinski definition) is 0. The van der Waals surface area contributed by atoms with E-state index >= 15 is 0 Å². The number of ether oxygens (including phenoxy) is 1. The lowest BCUT2D eigenvalue weighted by Gasteiger charge is -2.11. The Bertz CT molecular complexity index is 357. The first kappa shape index (κ1) is 11.8. The van der Waals surface area contributed by atoms with Gasteiger partial charge in [-0.1, -0.05) is 20.3 Å². The molecule has 0 bridgehead atoms. The van der Waals surface area contributed by atoms with Gasteiger partial charge in [-0.25, -0.2) is 0 Å². The van der Waals surface area contributed by atoms with Crippen LogP contribution in [0.5, 0.6) is 5.75 Å². The van der Waals surface area contributed by atoms with E-state index in [2.05, 4.69) is 13.8 Å². The summed E-state index contributed by atoms with van der Waals surface area (Å²) in [6.07, 6.45) is 2.86. The molecule has 1 unspecified atom stereocenters. The van der Waals surface area contributed by atoms with Gasteiger partial charge in [0.15, 0.2) is 0 Å². The molecule has 3 nitrogen and oxygen atoms in total. The molecular formula is C12H19NO2. The van der Waals surface area contributed by atoms with E-state index in [1.165, 1.54) is 0 Å². The highest BCUT2D eigenvalue weighted by Gasteiger charge is 2.01. The number of nitrogens with zero attached hydrogens (tertiary/aromatic N) is 1.